The van der Waals surface area contributed by atoms with E-state index in [1.165, 1.54) is 18.4 Å². The minimum Gasteiger partial charge on any atom is -0.356 e. The summed E-state index contributed by atoms with van der Waals surface area (Å²) in [6.45, 7) is 5.23. The van der Waals surface area contributed by atoms with Gasteiger partial charge in [-0.2, -0.15) is 0 Å². The molecular weight excluding hydrogens is 260 g/mol. The van der Waals surface area contributed by atoms with Gasteiger partial charge < -0.3 is 10.6 Å². The molecule has 2 rings (SSSR count). The topological polar surface area (TPSA) is 41.1 Å². The van der Waals surface area contributed by atoms with Crippen LogP contribution in [-0.2, 0) is 4.79 Å². The Morgan fingerprint density at radius 3 is 2.86 bits per heavy atom. The molecule has 1 fully saturated rings. The van der Waals surface area contributed by atoms with Crippen LogP contribution < -0.4 is 10.6 Å². The van der Waals surface area contributed by atoms with Crippen LogP contribution in [-0.4, -0.2) is 25.5 Å². The Labute approximate surface area is 128 Å². The van der Waals surface area contributed by atoms with Crippen LogP contribution in [0.4, 0.5) is 0 Å². The van der Waals surface area contributed by atoms with Gasteiger partial charge in [0, 0.05) is 13.0 Å². The van der Waals surface area contributed by atoms with Gasteiger partial charge in [-0.15, -0.1) is 0 Å². The molecule has 3 nitrogen and oxygen atoms in total. The van der Waals surface area contributed by atoms with Crippen LogP contribution in [0.15, 0.2) is 30.3 Å². The number of piperidine rings is 1. The lowest BCUT2D eigenvalue weighted by molar-refractivity contribution is -0.121. The second kappa shape index (κ2) is 8.83. The first kappa shape index (κ1) is 16.0. The standard InChI is InChI=1S/C18H28N2O/c1-2-16(17-8-4-3-5-9-17)13-18(21)20-12-10-15-7-6-11-19-14-15/h3-5,8-9,15-16,19H,2,6-7,10-14H2,1H3,(H,20,21). The predicted octanol–water partition coefficient (Wildman–Crippen LogP) is 3.08. The van der Waals surface area contributed by atoms with E-state index in [2.05, 4.69) is 29.7 Å². The van der Waals surface area contributed by atoms with E-state index in [0.29, 0.717) is 12.3 Å². The maximum atomic E-state index is 12.1. The maximum Gasteiger partial charge on any atom is 0.220 e. The van der Waals surface area contributed by atoms with Gasteiger partial charge in [0.25, 0.3) is 0 Å². The lowest BCUT2D eigenvalue weighted by Gasteiger charge is -2.23. The zero-order valence-corrected chi connectivity index (χ0v) is 13.1. The summed E-state index contributed by atoms with van der Waals surface area (Å²) in [4.78, 5) is 12.1. The van der Waals surface area contributed by atoms with Crippen LogP contribution in [0.3, 0.4) is 0 Å². The van der Waals surface area contributed by atoms with Crippen molar-refractivity contribution in [2.45, 2.75) is 44.9 Å². The highest BCUT2D eigenvalue weighted by Gasteiger charge is 2.15. The molecule has 1 aliphatic heterocycles. The van der Waals surface area contributed by atoms with Gasteiger partial charge in [0.2, 0.25) is 5.91 Å². The molecule has 3 heteroatoms. The number of nitrogens with one attached hydrogen (secondary N) is 2. The summed E-state index contributed by atoms with van der Waals surface area (Å²) in [6, 6.07) is 10.4. The summed E-state index contributed by atoms with van der Waals surface area (Å²) in [5.74, 6) is 1.26. The highest BCUT2D eigenvalue weighted by Crippen LogP contribution is 2.22. The van der Waals surface area contributed by atoms with Crippen LogP contribution in [0.2, 0.25) is 0 Å². The SMILES string of the molecule is CCC(CC(=O)NCCC1CCCNC1)c1ccccc1. The van der Waals surface area contributed by atoms with Crippen molar-refractivity contribution in [2.24, 2.45) is 5.92 Å². The monoisotopic (exact) mass is 288 g/mol. The molecule has 1 amide bonds. The molecule has 0 saturated carbocycles. The van der Waals surface area contributed by atoms with Gasteiger partial charge in [-0.3, -0.25) is 4.79 Å². The average molecular weight is 288 g/mol. The largest absolute Gasteiger partial charge is 0.356 e. The number of amides is 1. The van der Waals surface area contributed by atoms with Crippen LogP contribution in [0, 0.1) is 5.92 Å². The van der Waals surface area contributed by atoms with Gasteiger partial charge in [0.1, 0.15) is 0 Å². The van der Waals surface area contributed by atoms with Crippen LogP contribution in [0.1, 0.15) is 50.5 Å². The van der Waals surface area contributed by atoms with Crippen LogP contribution in [0.25, 0.3) is 0 Å². The molecule has 1 heterocycles. The van der Waals surface area contributed by atoms with E-state index >= 15 is 0 Å². The summed E-state index contributed by atoms with van der Waals surface area (Å²) in [5, 5.41) is 6.52. The third kappa shape index (κ3) is 5.50. The number of hydrogen-bond acceptors (Lipinski definition) is 2. The van der Waals surface area contributed by atoms with Crippen molar-refractivity contribution < 1.29 is 4.79 Å². The molecule has 1 aromatic rings. The fraction of sp³-hybridized carbons (Fsp3) is 0.611. The van der Waals surface area contributed by atoms with E-state index in [1.54, 1.807) is 0 Å². The Morgan fingerprint density at radius 1 is 1.38 bits per heavy atom. The third-order valence-electron chi connectivity index (χ3n) is 4.47. The summed E-state index contributed by atoms with van der Waals surface area (Å²) < 4.78 is 0. The van der Waals surface area contributed by atoms with Crippen molar-refractivity contribution in [1.82, 2.24) is 10.6 Å². The predicted molar refractivity (Wildman–Crippen MR) is 87.3 cm³/mol. The Balaban J connectivity index is 1.70. The zero-order chi connectivity index (χ0) is 14.9. The lowest BCUT2D eigenvalue weighted by Crippen LogP contribution is -2.33. The molecule has 2 unspecified atom stereocenters. The highest BCUT2D eigenvalue weighted by molar-refractivity contribution is 5.76. The maximum absolute atomic E-state index is 12.1. The first-order valence-electron chi connectivity index (χ1n) is 8.32. The number of hydrogen-bond donors (Lipinski definition) is 2. The third-order valence-corrected chi connectivity index (χ3v) is 4.47. The van der Waals surface area contributed by atoms with E-state index in [-0.39, 0.29) is 5.91 Å². The zero-order valence-electron chi connectivity index (χ0n) is 13.1. The Hall–Kier alpha value is -1.35. The normalized spacial score (nSPS) is 20.0. The minimum absolute atomic E-state index is 0.189. The van der Waals surface area contributed by atoms with E-state index < -0.39 is 0 Å². The Morgan fingerprint density at radius 2 is 2.19 bits per heavy atom. The molecule has 1 saturated heterocycles. The smallest absolute Gasteiger partial charge is 0.220 e. The van der Waals surface area contributed by atoms with Gasteiger partial charge in [0.15, 0.2) is 0 Å². The van der Waals surface area contributed by atoms with E-state index in [1.807, 2.05) is 18.2 Å². The molecule has 0 aliphatic carbocycles. The summed E-state index contributed by atoms with van der Waals surface area (Å²) >= 11 is 0. The van der Waals surface area contributed by atoms with E-state index in [4.69, 9.17) is 0 Å². The van der Waals surface area contributed by atoms with Gasteiger partial charge >= 0.3 is 0 Å². The first-order valence-corrected chi connectivity index (χ1v) is 8.32. The van der Waals surface area contributed by atoms with Crippen molar-refractivity contribution in [3.63, 3.8) is 0 Å². The van der Waals surface area contributed by atoms with Crippen LogP contribution >= 0.6 is 0 Å². The van der Waals surface area contributed by atoms with Gasteiger partial charge in [-0.25, -0.2) is 0 Å². The first-order chi connectivity index (χ1) is 10.3. The molecule has 2 atom stereocenters. The van der Waals surface area contributed by atoms with Gasteiger partial charge in [-0.1, -0.05) is 37.3 Å². The second-order valence-electron chi connectivity index (χ2n) is 6.07. The number of carbonyl (C=O) groups excluding carboxylic acids is 1. The van der Waals surface area contributed by atoms with Gasteiger partial charge in [0.05, 0.1) is 0 Å². The molecular formula is C18H28N2O. The van der Waals surface area contributed by atoms with Crippen molar-refractivity contribution in [1.29, 1.82) is 0 Å². The van der Waals surface area contributed by atoms with Gasteiger partial charge in [-0.05, 0) is 56.2 Å². The van der Waals surface area contributed by atoms with Crippen LogP contribution in [0.5, 0.6) is 0 Å². The minimum atomic E-state index is 0.189. The summed E-state index contributed by atoms with van der Waals surface area (Å²) in [5.41, 5.74) is 1.27. The lowest BCUT2D eigenvalue weighted by atomic mass is 9.93. The molecule has 21 heavy (non-hydrogen) atoms. The number of rotatable bonds is 7. The average Bonchev–Trinajstić information content (AvgIpc) is 2.54. The molecule has 0 bridgehead atoms. The molecule has 2 N–H and O–H groups in total. The fourth-order valence-electron chi connectivity index (χ4n) is 3.11. The molecule has 1 aliphatic rings. The number of benzene rings is 1. The molecule has 116 valence electrons. The Kier molecular flexibility index (Phi) is 6.74. The molecule has 0 radical (unpaired) electrons. The number of carbonyl (C=O) groups is 1. The fourth-order valence-corrected chi connectivity index (χ4v) is 3.11. The van der Waals surface area contributed by atoms with E-state index in [9.17, 15) is 4.79 Å². The summed E-state index contributed by atoms with van der Waals surface area (Å²) in [6.07, 6.45) is 5.27. The summed E-state index contributed by atoms with van der Waals surface area (Å²) in [7, 11) is 0. The van der Waals surface area contributed by atoms with Crippen molar-refractivity contribution in [2.75, 3.05) is 19.6 Å². The molecule has 1 aromatic carbocycles. The molecule has 0 spiro atoms. The molecule has 0 aromatic heterocycles. The van der Waals surface area contributed by atoms with E-state index in [0.717, 1.165) is 38.4 Å². The van der Waals surface area contributed by atoms with Crippen molar-refractivity contribution in [3.05, 3.63) is 35.9 Å². The van der Waals surface area contributed by atoms with Crippen molar-refractivity contribution >= 4 is 5.91 Å². The second-order valence-corrected chi connectivity index (χ2v) is 6.07. The highest BCUT2D eigenvalue weighted by atomic mass is 16.1. The Bertz CT molecular complexity index is 412. The van der Waals surface area contributed by atoms with Crippen molar-refractivity contribution in [3.8, 4) is 0 Å². The quantitative estimate of drug-likeness (QED) is 0.809.